The van der Waals surface area contributed by atoms with Crippen LogP contribution in [-0.2, 0) is 32.4 Å². The maximum absolute atomic E-state index is 13.0. The molecule has 154 valence electrons. The van der Waals surface area contributed by atoms with E-state index in [1.807, 2.05) is 60.7 Å². The molecular weight excluding hydrogens is 392 g/mol. The molecule has 7 nitrogen and oxygen atoms in total. The number of ether oxygens (including phenoxy) is 1. The van der Waals surface area contributed by atoms with Crippen molar-refractivity contribution in [3.63, 3.8) is 0 Å². The number of carbonyl (C=O) groups is 2. The number of carbonyl (C=O) groups excluding carboxylic acids is 2. The third-order valence-corrected chi connectivity index (χ3v) is 6.35. The molecule has 3 rings (SSSR count). The molecule has 8 heteroatoms. The zero-order valence-corrected chi connectivity index (χ0v) is 16.8. The molecule has 0 saturated carbocycles. The van der Waals surface area contributed by atoms with E-state index in [1.165, 1.54) is 4.90 Å². The zero-order valence-electron chi connectivity index (χ0n) is 16.0. The first-order valence-electron chi connectivity index (χ1n) is 9.43. The van der Waals surface area contributed by atoms with E-state index in [0.717, 1.165) is 11.1 Å². The Morgan fingerprint density at radius 1 is 0.931 bits per heavy atom. The number of hydrogen-bond donors (Lipinski definition) is 1. The molecule has 1 atom stereocenters. The van der Waals surface area contributed by atoms with Crippen molar-refractivity contribution in [2.24, 2.45) is 0 Å². The molecule has 0 bridgehead atoms. The van der Waals surface area contributed by atoms with Crippen LogP contribution in [0.4, 0.5) is 4.79 Å². The molecule has 0 unspecified atom stereocenters. The van der Waals surface area contributed by atoms with Crippen LogP contribution in [0.2, 0.25) is 0 Å². The molecule has 1 saturated heterocycles. The highest BCUT2D eigenvalue weighted by Crippen LogP contribution is 2.11. The number of rotatable bonds is 6. The van der Waals surface area contributed by atoms with Gasteiger partial charge in [0, 0.05) is 19.5 Å². The van der Waals surface area contributed by atoms with Gasteiger partial charge < -0.3 is 15.0 Å². The van der Waals surface area contributed by atoms with E-state index in [0.29, 0.717) is 6.42 Å². The first-order chi connectivity index (χ1) is 13.9. The van der Waals surface area contributed by atoms with E-state index in [1.54, 1.807) is 0 Å². The van der Waals surface area contributed by atoms with Gasteiger partial charge in [0.15, 0.2) is 9.84 Å². The minimum Gasteiger partial charge on any atom is -0.445 e. The topological polar surface area (TPSA) is 92.8 Å². The van der Waals surface area contributed by atoms with E-state index < -0.39 is 22.0 Å². The van der Waals surface area contributed by atoms with E-state index >= 15 is 0 Å². The lowest BCUT2D eigenvalue weighted by Crippen LogP contribution is -2.53. The number of alkyl carbamates (subject to hydrolysis) is 1. The summed E-state index contributed by atoms with van der Waals surface area (Å²) in [5.41, 5.74) is 1.73. The van der Waals surface area contributed by atoms with E-state index in [2.05, 4.69) is 5.32 Å². The second-order valence-corrected chi connectivity index (χ2v) is 9.23. The monoisotopic (exact) mass is 416 g/mol. The van der Waals surface area contributed by atoms with Gasteiger partial charge in [-0.2, -0.15) is 0 Å². The van der Waals surface area contributed by atoms with Crippen molar-refractivity contribution >= 4 is 21.8 Å². The molecule has 1 aliphatic rings. The predicted molar refractivity (Wildman–Crippen MR) is 109 cm³/mol. The average Bonchev–Trinajstić information content (AvgIpc) is 2.73. The van der Waals surface area contributed by atoms with Crippen molar-refractivity contribution in [1.29, 1.82) is 0 Å². The first kappa shape index (κ1) is 20.9. The Morgan fingerprint density at radius 3 is 2.07 bits per heavy atom. The predicted octanol–water partition coefficient (Wildman–Crippen LogP) is 1.78. The van der Waals surface area contributed by atoms with Crippen LogP contribution in [0, 0.1) is 0 Å². The molecule has 0 aliphatic carbocycles. The number of nitrogens with one attached hydrogen (secondary N) is 1. The maximum Gasteiger partial charge on any atom is 0.408 e. The normalized spacial score (nSPS) is 16.6. The van der Waals surface area contributed by atoms with Gasteiger partial charge in [0.2, 0.25) is 5.91 Å². The molecule has 2 aromatic rings. The standard InChI is InChI=1S/C21H24N2O5S/c24-20(23-11-13-29(26,27)14-12-23)19(15-17-7-3-1-4-8-17)22-21(25)28-16-18-9-5-2-6-10-18/h1-10,19H,11-16H2,(H,22,25)/t19-/m0/s1. The zero-order chi connectivity index (χ0) is 20.7. The molecule has 1 fully saturated rings. The second-order valence-electron chi connectivity index (χ2n) is 6.93. The Morgan fingerprint density at radius 2 is 1.48 bits per heavy atom. The Labute approximate surface area is 170 Å². The van der Waals surface area contributed by atoms with Gasteiger partial charge in [-0.25, -0.2) is 13.2 Å². The highest BCUT2D eigenvalue weighted by Gasteiger charge is 2.31. The summed E-state index contributed by atoms with van der Waals surface area (Å²) in [7, 11) is -3.10. The summed E-state index contributed by atoms with van der Waals surface area (Å²) in [5.74, 6) is -0.426. The van der Waals surface area contributed by atoms with Gasteiger partial charge in [-0.15, -0.1) is 0 Å². The van der Waals surface area contributed by atoms with Crippen LogP contribution in [-0.4, -0.2) is 56.0 Å². The second kappa shape index (κ2) is 9.56. The summed E-state index contributed by atoms with van der Waals surface area (Å²) < 4.78 is 28.5. The largest absolute Gasteiger partial charge is 0.445 e. The van der Waals surface area contributed by atoms with Gasteiger partial charge in [0.05, 0.1) is 11.5 Å². The van der Waals surface area contributed by atoms with Crippen molar-refractivity contribution < 1.29 is 22.7 Å². The van der Waals surface area contributed by atoms with Crippen LogP contribution >= 0.6 is 0 Å². The summed E-state index contributed by atoms with van der Waals surface area (Å²) in [6.07, 6.45) is -0.392. The third kappa shape index (κ3) is 6.32. The van der Waals surface area contributed by atoms with Gasteiger partial charge in [-0.1, -0.05) is 60.7 Å². The number of benzene rings is 2. The third-order valence-electron chi connectivity index (χ3n) is 4.74. The van der Waals surface area contributed by atoms with Crippen molar-refractivity contribution in [3.8, 4) is 0 Å². The minimum atomic E-state index is -3.10. The summed E-state index contributed by atoms with van der Waals surface area (Å²) in [6, 6.07) is 17.8. The molecule has 1 N–H and O–H groups in total. The summed E-state index contributed by atoms with van der Waals surface area (Å²) in [4.78, 5) is 26.8. The van der Waals surface area contributed by atoms with Crippen molar-refractivity contribution in [3.05, 3.63) is 71.8 Å². The first-order valence-corrected chi connectivity index (χ1v) is 11.3. The number of sulfone groups is 1. The molecule has 0 radical (unpaired) electrons. The average molecular weight is 416 g/mol. The Bertz CT molecular complexity index is 918. The van der Waals surface area contributed by atoms with Crippen LogP contribution in [0.25, 0.3) is 0 Å². The molecule has 29 heavy (non-hydrogen) atoms. The van der Waals surface area contributed by atoms with Crippen molar-refractivity contribution in [2.75, 3.05) is 24.6 Å². The minimum absolute atomic E-state index is 0.0603. The molecule has 0 spiro atoms. The Hall–Kier alpha value is -2.87. The lowest BCUT2D eigenvalue weighted by atomic mass is 10.0. The number of amides is 2. The van der Waals surface area contributed by atoms with Crippen LogP contribution in [0.15, 0.2) is 60.7 Å². The summed E-state index contributed by atoms with van der Waals surface area (Å²) in [5, 5.41) is 2.65. The van der Waals surface area contributed by atoms with Gasteiger partial charge in [-0.3, -0.25) is 4.79 Å². The highest BCUT2D eigenvalue weighted by atomic mass is 32.2. The van der Waals surface area contributed by atoms with Gasteiger partial charge in [0.1, 0.15) is 12.6 Å². The van der Waals surface area contributed by atoms with E-state index in [4.69, 9.17) is 4.74 Å². The van der Waals surface area contributed by atoms with Crippen LogP contribution < -0.4 is 5.32 Å². The van der Waals surface area contributed by atoms with Crippen molar-refractivity contribution in [2.45, 2.75) is 19.1 Å². The number of nitrogens with zero attached hydrogens (tertiary/aromatic N) is 1. The Balaban J connectivity index is 1.65. The van der Waals surface area contributed by atoms with Crippen LogP contribution in [0.1, 0.15) is 11.1 Å². The summed E-state index contributed by atoms with van der Waals surface area (Å²) in [6.45, 7) is 0.362. The quantitative estimate of drug-likeness (QED) is 0.775. The molecule has 2 aromatic carbocycles. The maximum atomic E-state index is 13.0. The van der Waals surface area contributed by atoms with E-state index in [9.17, 15) is 18.0 Å². The fourth-order valence-electron chi connectivity index (χ4n) is 3.11. The molecule has 0 aromatic heterocycles. The number of hydrogen-bond acceptors (Lipinski definition) is 5. The smallest absolute Gasteiger partial charge is 0.408 e. The highest BCUT2D eigenvalue weighted by molar-refractivity contribution is 7.91. The van der Waals surface area contributed by atoms with Gasteiger partial charge in [-0.05, 0) is 11.1 Å². The fraction of sp³-hybridized carbons (Fsp3) is 0.333. The SMILES string of the molecule is O=C(N[C@@H](Cc1ccccc1)C(=O)N1CCS(=O)(=O)CC1)OCc1ccccc1. The lowest BCUT2D eigenvalue weighted by molar-refractivity contribution is -0.133. The molecule has 1 aliphatic heterocycles. The Kier molecular flexibility index (Phi) is 6.87. The van der Waals surface area contributed by atoms with Crippen LogP contribution in [0.3, 0.4) is 0 Å². The summed E-state index contributed by atoms with van der Waals surface area (Å²) >= 11 is 0. The van der Waals surface area contributed by atoms with Crippen molar-refractivity contribution in [1.82, 2.24) is 10.2 Å². The van der Waals surface area contributed by atoms with Gasteiger partial charge >= 0.3 is 6.09 Å². The molecule has 1 heterocycles. The van der Waals surface area contributed by atoms with Crippen LogP contribution in [0.5, 0.6) is 0 Å². The fourth-order valence-corrected chi connectivity index (χ4v) is 4.31. The van der Waals surface area contributed by atoms with E-state index in [-0.39, 0.29) is 37.1 Å². The van der Waals surface area contributed by atoms with Gasteiger partial charge in [0.25, 0.3) is 0 Å². The molecular formula is C21H24N2O5S. The molecule has 2 amide bonds. The lowest BCUT2D eigenvalue weighted by Gasteiger charge is -2.30.